The molecule has 2 aromatic carbocycles. The van der Waals surface area contributed by atoms with Crippen molar-refractivity contribution in [1.29, 1.82) is 0 Å². The number of nitrogens with zero attached hydrogens (tertiary/aromatic N) is 3. The molecule has 3 aromatic rings. The molecule has 0 saturated heterocycles. The minimum Gasteiger partial charge on any atom is -0.339 e. The summed E-state index contributed by atoms with van der Waals surface area (Å²) in [6.07, 6.45) is 1.35. The molecule has 1 aromatic heterocycles. The third-order valence-electron chi connectivity index (χ3n) is 3.47. The Bertz CT molecular complexity index is 854. The number of nitrogens with one attached hydrogen (secondary N) is 1. The minimum absolute atomic E-state index is 0.217. The van der Waals surface area contributed by atoms with Crippen LogP contribution in [0.3, 0.4) is 0 Å². The maximum Gasteiger partial charge on any atom is 0.276 e. The molecule has 0 unspecified atom stereocenters. The van der Waals surface area contributed by atoms with E-state index >= 15 is 0 Å². The van der Waals surface area contributed by atoms with Gasteiger partial charge in [-0.15, -0.1) is 0 Å². The Kier molecular flexibility index (Phi) is 4.72. The molecule has 0 aliphatic heterocycles. The van der Waals surface area contributed by atoms with Crippen LogP contribution < -0.4 is 10.2 Å². The van der Waals surface area contributed by atoms with Crippen LogP contribution in [0.5, 0.6) is 0 Å². The second kappa shape index (κ2) is 7.10. The third-order valence-corrected chi connectivity index (χ3v) is 3.80. The van der Waals surface area contributed by atoms with Crippen LogP contribution in [0, 0.1) is 0 Å². The zero-order chi connectivity index (χ0) is 16.9. The van der Waals surface area contributed by atoms with E-state index in [4.69, 9.17) is 11.6 Å². The molecule has 1 heterocycles. The molecule has 5 nitrogen and oxygen atoms in total. The summed E-state index contributed by atoms with van der Waals surface area (Å²) in [6, 6.07) is 18.3. The van der Waals surface area contributed by atoms with E-state index in [1.807, 2.05) is 48.5 Å². The second-order valence-corrected chi connectivity index (χ2v) is 5.50. The first-order chi connectivity index (χ1) is 11.6. The van der Waals surface area contributed by atoms with Gasteiger partial charge in [-0.3, -0.25) is 4.79 Å². The molecule has 6 heteroatoms. The maximum absolute atomic E-state index is 12.6. The van der Waals surface area contributed by atoms with E-state index < -0.39 is 0 Å². The highest BCUT2D eigenvalue weighted by Gasteiger charge is 2.15. The summed E-state index contributed by atoms with van der Waals surface area (Å²) in [5.41, 5.74) is 1.81. The van der Waals surface area contributed by atoms with Gasteiger partial charge >= 0.3 is 0 Å². The van der Waals surface area contributed by atoms with Gasteiger partial charge in [0.05, 0.1) is 10.7 Å². The van der Waals surface area contributed by atoms with Gasteiger partial charge in [0.1, 0.15) is 17.8 Å². The Morgan fingerprint density at radius 2 is 1.75 bits per heavy atom. The van der Waals surface area contributed by atoms with Crippen molar-refractivity contribution in [2.24, 2.45) is 0 Å². The van der Waals surface area contributed by atoms with Crippen molar-refractivity contribution in [2.75, 3.05) is 17.3 Å². The number of carbonyl (C=O) groups is 1. The number of carbonyl (C=O) groups excluding carboxylic acids is 1. The second-order valence-electron chi connectivity index (χ2n) is 5.09. The third kappa shape index (κ3) is 3.52. The van der Waals surface area contributed by atoms with Gasteiger partial charge in [0, 0.05) is 18.8 Å². The predicted molar refractivity (Wildman–Crippen MR) is 95.9 cm³/mol. The fourth-order valence-corrected chi connectivity index (χ4v) is 2.37. The highest BCUT2D eigenvalue weighted by atomic mass is 35.5. The summed E-state index contributed by atoms with van der Waals surface area (Å²) < 4.78 is 0. The van der Waals surface area contributed by atoms with E-state index in [9.17, 15) is 4.79 Å². The SMILES string of the molecule is CN(C(=O)c1cc(Nc2ccccc2Cl)ncn1)c1ccccc1. The number of anilines is 3. The van der Waals surface area contributed by atoms with Gasteiger partial charge in [0.25, 0.3) is 5.91 Å². The van der Waals surface area contributed by atoms with Crippen molar-refractivity contribution in [3.05, 3.63) is 77.7 Å². The number of amides is 1. The number of hydrogen-bond acceptors (Lipinski definition) is 4. The molecule has 3 rings (SSSR count). The highest BCUT2D eigenvalue weighted by Crippen LogP contribution is 2.24. The molecule has 0 atom stereocenters. The van der Waals surface area contributed by atoms with Crippen LogP contribution in [0.4, 0.5) is 17.2 Å². The maximum atomic E-state index is 12.6. The molecular formula is C18H15ClN4O. The summed E-state index contributed by atoms with van der Waals surface area (Å²) in [4.78, 5) is 22.4. The number of para-hydroxylation sites is 2. The normalized spacial score (nSPS) is 10.2. The molecule has 1 amide bonds. The lowest BCUT2D eigenvalue weighted by Crippen LogP contribution is -2.27. The Balaban J connectivity index is 1.82. The van der Waals surface area contributed by atoms with Gasteiger partial charge < -0.3 is 10.2 Å². The first-order valence-corrected chi connectivity index (χ1v) is 7.69. The number of halogens is 1. The lowest BCUT2D eigenvalue weighted by Gasteiger charge is -2.17. The molecule has 120 valence electrons. The van der Waals surface area contributed by atoms with Crippen molar-refractivity contribution >= 4 is 34.7 Å². The van der Waals surface area contributed by atoms with Crippen LogP contribution in [0.15, 0.2) is 67.0 Å². The molecule has 0 bridgehead atoms. The first-order valence-electron chi connectivity index (χ1n) is 7.32. The van der Waals surface area contributed by atoms with Gasteiger partial charge in [-0.2, -0.15) is 0 Å². The van der Waals surface area contributed by atoms with E-state index in [-0.39, 0.29) is 5.91 Å². The minimum atomic E-state index is -0.217. The number of benzene rings is 2. The van der Waals surface area contributed by atoms with Crippen molar-refractivity contribution in [1.82, 2.24) is 9.97 Å². The molecule has 1 N–H and O–H groups in total. The summed E-state index contributed by atoms with van der Waals surface area (Å²) >= 11 is 6.13. The molecule has 24 heavy (non-hydrogen) atoms. The van der Waals surface area contributed by atoms with Crippen LogP contribution >= 0.6 is 11.6 Å². The zero-order valence-electron chi connectivity index (χ0n) is 13.0. The molecule has 0 aliphatic rings. The summed E-state index contributed by atoms with van der Waals surface area (Å²) in [7, 11) is 1.71. The van der Waals surface area contributed by atoms with E-state index in [0.29, 0.717) is 22.2 Å². The molecular weight excluding hydrogens is 324 g/mol. The van der Waals surface area contributed by atoms with Crippen molar-refractivity contribution in [3.63, 3.8) is 0 Å². The first kappa shape index (κ1) is 16.0. The number of rotatable bonds is 4. The van der Waals surface area contributed by atoms with Crippen LogP contribution in [-0.4, -0.2) is 22.9 Å². The Hall–Kier alpha value is -2.92. The number of aromatic nitrogens is 2. The standard InChI is InChI=1S/C18H15ClN4O/c1-23(13-7-3-2-4-8-13)18(24)16-11-17(21-12-20-16)22-15-10-6-5-9-14(15)19/h2-12H,1H3,(H,20,21,22). The van der Waals surface area contributed by atoms with Gasteiger partial charge in [0.2, 0.25) is 0 Å². The zero-order valence-corrected chi connectivity index (χ0v) is 13.7. The quantitative estimate of drug-likeness (QED) is 0.776. The molecule has 0 fully saturated rings. The van der Waals surface area contributed by atoms with Crippen LogP contribution in [-0.2, 0) is 0 Å². The van der Waals surface area contributed by atoms with Crippen molar-refractivity contribution < 1.29 is 4.79 Å². The highest BCUT2D eigenvalue weighted by molar-refractivity contribution is 6.33. The smallest absolute Gasteiger partial charge is 0.276 e. The van der Waals surface area contributed by atoms with Gasteiger partial charge in [-0.25, -0.2) is 9.97 Å². The fraction of sp³-hybridized carbons (Fsp3) is 0.0556. The lowest BCUT2D eigenvalue weighted by atomic mass is 10.2. The average Bonchev–Trinajstić information content (AvgIpc) is 2.63. The van der Waals surface area contributed by atoms with Crippen molar-refractivity contribution in [3.8, 4) is 0 Å². The van der Waals surface area contributed by atoms with E-state index in [1.54, 1.807) is 24.1 Å². The van der Waals surface area contributed by atoms with Crippen LogP contribution in [0.1, 0.15) is 10.5 Å². The predicted octanol–water partition coefficient (Wildman–Crippen LogP) is 4.15. The van der Waals surface area contributed by atoms with E-state index in [1.165, 1.54) is 6.33 Å². The molecule has 0 spiro atoms. The fourth-order valence-electron chi connectivity index (χ4n) is 2.18. The Morgan fingerprint density at radius 1 is 1.04 bits per heavy atom. The van der Waals surface area contributed by atoms with Gasteiger partial charge in [0.15, 0.2) is 0 Å². The van der Waals surface area contributed by atoms with Crippen LogP contribution in [0.25, 0.3) is 0 Å². The summed E-state index contributed by atoms with van der Waals surface area (Å²) in [5.74, 6) is 0.286. The Labute approximate surface area is 144 Å². The Morgan fingerprint density at radius 3 is 2.50 bits per heavy atom. The number of hydrogen-bond donors (Lipinski definition) is 1. The molecule has 0 radical (unpaired) electrons. The van der Waals surface area contributed by atoms with Crippen LogP contribution in [0.2, 0.25) is 5.02 Å². The van der Waals surface area contributed by atoms with Gasteiger partial charge in [-0.1, -0.05) is 41.9 Å². The van der Waals surface area contributed by atoms with Crippen molar-refractivity contribution in [2.45, 2.75) is 0 Å². The molecule has 0 aliphatic carbocycles. The van der Waals surface area contributed by atoms with E-state index in [0.717, 1.165) is 5.69 Å². The molecule has 0 saturated carbocycles. The lowest BCUT2D eigenvalue weighted by molar-refractivity contribution is 0.0988. The largest absolute Gasteiger partial charge is 0.339 e. The monoisotopic (exact) mass is 338 g/mol. The summed E-state index contributed by atoms with van der Waals surface area (Å²) in [6.45, 7) is 0. The summed E-state index contributed by atoms with van der Waals surface area (Å²) in [5, 5.41) is 3.67. The topological polar surface area (TPSA) is 58.1 Å². The van der Waals surface area contributed by atoms with Gasteiger partial charge in [-0.05, 0) is 24.3 Å². The van der Waals surface area contributed by atoms with E-state index in [2.05, 4.69) is 15.3 Å². The average molecular weight is 339 g/mol.